The fraction of sp³-hybridized carbons (Fsp3) is 0.750. The second kappa shape index (κ2) is 32.1. The molecule has 53 heavy (non-hydrogen) atoms. The summed E-state index contributed by atoms with van der Waals surface area (Å²) in [6.45, 7) is 22.2. The summed E-state index contributed by atoms with van der Waals surface area (Å²) in [6, 6.07) is 1.91. The van der Waals surface area contributed by atoms with E-state index in [2.05, 4.69) is 35.1 Å². The number of ether oxygens (including phenoxy) is 6. The largest absolute Gasteiger partial charge is 0.400 e. The highest BCUT2D eigenvalue weighted by Gasteiger charge is 2.35. The summed E-state index contributed by atoms with van der Waals surface area (Å²) >= 11 is 6.22. The number of nitrogens with zero attached hydrogens (tertiary/aromatic N) is 4. The van der Waals surface area contributed by atoms with Crippen molar-refractivity contribution in [2.24, 2.45) is 11.8 Å². The number of carbonyl (C=O) groups excluding carboxylic acids is 1. The summed E-state index contributed by atoms with van der Waals surface area (Å²) in [5.74, 6) is 3.46. The molecule has 0 spiro atoms. The number of fused-ring (bicyclic) bond motifs is 1. The van der Waals surface area contributed by atoms with Crippen LogP contribution < -0.4 is 10.2 Å². The standard InChI is InChI=1S/C25H34ClN5O7.C6H15O2P.2C2H6.CH4O/c1-3-7-33-9-11-35-13-14-36-12-10-34-8-5-27-23(32)19-15-30(16-19)21-20-4-6-31(22(20)29-24(26)28-21)25-37-17-18(2)38-25;1-4-9(7)8-5-6(2)3;3*1-2/h1,4,6,18-19,25H,5,7-17H2,2H3,(H,27,32);6-7H,4-5H2,1-3H3;2*1-2H3;2H,1H3. The van der Waals surface area contributed by atoms with Crippen LogP contribution in [0.1, 0.15) is 61.8 Å². The van der Waals surface area contributed by atoms with Crippen LogP contribution in [-0.4, -0.2) is 136 Å². The molecule has 3 unspecified atom stereocenters. The maximum absolute atomic E-state index is 12.5. The van der Waals surface area contributed by atoms with E-state index in [4.69, 9.17) is 61.0 Å². The van der Waals surface area contributed by atoms with Crippen LogP contribution in [0.4, 0.5) is 5.82 Å². The predicted molar refractivity (Wildman–Crippen MR) is 210 cm³/mol. The van der Waals surface area contributed by atoms with E-state index in [-0.39, 0.29) is 23.2 Å². The summed E-state index contributed by atoms with van der Waals surface area (Å²) in [5.41, 5.74) is 0.631. The number of halogens is 1. The number of hydrogen-bond acceptors (Lipinski definition) is 13. The summed E-state index contributed by atoms with van der Waals surface area (Å²) in [7, 11) is -0.111. The number of rotatable bonds is 20. The molecule has 15 nitrogen and oxygen atoms in total. The molecule has 306 valence electrons. The van der Waals surface area contributed by atoms with Crippen molar-refractivity contribution in [3.63, 3.8) is 0 Å². The third-order valence-electron chi connectivity index (χ3n) is 6.80. The molecule has 2 aliphatic rings. The normalized spacial score (nSPS) is 16.8. The topological polar surface area (TPSA) is 168 Å². The van der Waals surface area contributed by atoms with Gasteiger partial charge in [-0.3, -0.25) is 9.36 Å². The van der Waals surface area contributed by atoms with Crippen LogP contribution >= 0.6 is 20.0 Å². The summed E-state index contributed by atoms with van der Waals surface area (Å²) in [4.78, 5) is 32.3. The summed E-state index contributed by atoms with van der Waals surface area (Å²) in [6.07, 6.45) is 7.13. The molecule has 4 heterocycles. The molecular formula is C36H65ClN5O10P. The van der Waals surface area contributed by atoms with Crippen molar-refractivity contribution in [1.29, 1.82) is 0 Å². The van der Waals surface area contributed by atoms with Gasteiger partial charge in [0.1, 0.15) is 12.4 Å². The van der Waals surface area contributed by atoms with Gasteiger partial charge < -0.3 is 53.2 Å². The predicted octanol–water partition coefficient (Wildman–Crippen LogP) is 4.87. The van der Waals surface area contributed by atoms with Gasteiger partial charge in [-0.05, 0) is 30.5 Å². The van der Waals surface area contributed by atoms with Crippen LogP contribution in [0.25, 0.3) is 11.0 Å². The van der Waals surface area contributed by atoms with Crippen molar-refractivity contribution < 1.29 is 47.7 Å². The first-order chi connectivity index (χ1) is 25.7. The van der Waals surface area contributed by atoms with E-state index < -0.39 is 14.8 Å². The Morgan fingerprint density at radius 3 is 2.17 bits per heavy atom. The molecule has 2 aliphatic heterocycles. The number of aromatic nitrogens is 3. The van der Waals surface area contributed by atoms with E-state index in [1.807, 2.05) is 58.7 Å². The molecule has 1 amide bonds. The smallest absolute Gasteiger partial charge is 0.245 e. The van der Waals surface area contributed by atoms with Crippen molar-refractivity contribution in [1.82, 2.24) is 19.9 Å². The molecule has 4 rings (SSSR count). The molecular weight excluding hydrogens is 729 g/mol. The lowest BCUT2D eigenvalue weighted by Crippen LogP contribution is -2.54. The van der Waals surface area contributed by atoms with Crippen LogP contribution in [0.5, 0.6) is 0 Å². The SMILES string of the molecule is C#CCOCCOCCOCCOCCNC(=O)C1CN(c2nc(Cl)nc3c2ccn3C2OCC(C)O2)C1.CC.CC.CCP(O)OCC(C)C.CO. The lowest BCUT2D eigenvalue weighted by Gasteiger charge is -2.39. The Morgan fingerprint density at radius 1 is 1.06 bits per heavy atom. The fourth-order valence-corrected chi connectivity index (χ4v) is 5.18. The van der Waals surface area contributed by atoms with Gasteiger partial charge in [-0.1, -0.05) is 54.4 Å². The van der Waals surface area contributed by atoms with E-state index in [1.54, 1.807) is 4.57 Å². The maximum Gasteiger partial charge on any atom is 0.245 e. The Balaban J connectivity index is 0.00000155. The van der Waals surface area contributed by atoms with Gasteiger partial charge >= 0.3 is 0 Å². The molecule has 0 saturated carbocycles. The van der Waals surface area contributed by atoms with Gasteiger partial charge in [0.25, 0.3) is 0 Å². The van der Waals surface area contributed by atoms with Crippen molar-refractivity contribution in [3.05, 3.63) is 17.5 Å². The Morgan fingerprint density at radius 2 is 1.64 bits per heavy atom. The Labute approximate surface area is 323 Å². The maximum atomic E-state index is 12.5. The Bertz CT molecular complexity index is 1250. The van der Waals surface area contributed by atoms with Gasteiger partial charge in [-0.2, -0.15) is 9.97 Å². The zero-order chi connectivity index (χ0) is 40.0. The van der Waals surface area contributed by atoms with Crippen LogP contribution in [-0.2, 0) is 37.7 Å². The first-order valence-corrected chi connectivity index (χ1v) is 20.1. The van der Waals surface area contributed by atoms with Crippen molar-refractivity contribution >= 4 is 42.7 Å². The first-order valence-electron chi connectivity index (χ1n) is 18.4. The van der Waals surface area contributed by atoms with Crippen LogP contribution in [0.3, 0.4) is 0 Å². The molecule has 0 aromatic carbocycles. The Kier molecular flexibility index (Phi) is 30.8. The Hall–Kier alpha value is -2.19. The van der Waals surface area contributed by atoms with Gasteiger partial charge in [0.2, 0.25) is 17.6 Å². The zero-order valence-corrected chi connectivity index (χ0v) is 34.9. The van der Waals surface area contributed by atoms with Gasteiger partial charge in [-0.15, -0.1) is 6.42 Å². The minimum Gasteiger partial charge on any atom is -0.400 e. The number of terminal acetylenes is 1. The van der Waals surface area contributed by atoms with Gasteiger partial charge in [-0.25, -0.2) is 0 Å². The molecule has 2 aromatic heterocycles. The molecule has 2 fully saturated rings. The molecule has 3 N–H and O–H groups in total. The molecule has 3 atom stereocenters. The first kappa shape index (κ1) is 50.8. The fourth-order valence-electron chi connectivity index (χ4n) is 4.37. The van der Waals surface area contributed by atoms with Crippen molar-refractivity contribution in [2.75, 3.05) is 104 Å². The lowest BCUT2D eigenvalue weighted by molar-refractivity contribution is -0.126. The van der Waals surface area contributed by atoms with Gasteiger partial charge in [0.15, 0.2) is 14.0 Å². The van der Waals surface area contributed by atoms with Crippen molar-refractivity contribution in [2.45, 2.75) is 67.9 Å². The molecule has 0 bridgehead atoms. The minimum atomic E-state index is -1.11. The highest BCUT2D eigenvalue weighted by molar-refractivity contribution is 7.46. The zero-order valence-electron chi connectivity index (χ0n) is 33.2. The van der Waals surface area contributed by atoms with E-state index in [1.165, 1.54) is 0 Å². The van der Waals surface area contributed by atoms with Gasteiger partial charge in [0.05, 0.1) is 76.9 Å². The van der Waals surface area contributed by atoms with E-state index in [0.29, 0.717) is 103 Å². The van der Waals surface area contributed by atoms with Crippen molar-refractivity contribution in [3.8, 4) is 12.3 Å². The monoisotopic (exact) mass is 793 g/mol. The summed E-state index contributed by atoms with van der Waals surface area (Å²) in [5, 5.41) is 10.9. The quantitative estimate of drug-likeness (QED) is 0.0720. The number of nitrogens with one attached hydrogen (secondary N) is 1. The molecule has 2 saturated heterocycles. The number of aliphatic hydroxyl groups is 1. The third kappa shape index (κ3) is 20.3. The average Bonchev–Trinajstić information content (AvgIpc) is 3.78. The number of aliphatic hydroxyl groups excluding tert-OH is 1. The number of carbonyl (C=O) groups is 1. The average molecular weight is 794 g/mol. The second-order valence-electron chi connectivity index (χ2n) is 11.2. The van der Waals surface area contributed by atoms with E-state index >= 15 is 0 Å². The van der Waals surface area contributed by atoms with Gasteiger partial charge in [0, 0.05) is 39.1 Å². The van der Waals surface area contributed by atoms with Crippen LogP contribution in [0, 0.1) is 24.2 Å². The minimum absolute atomic E-state index is 0.00382. The number of anilines is 1. The van der Waals surface area contributed by atoms with E-state index in [0.717, 1.165) is 18.7 Å². The number of amides is 1. The summed E-state index contributed by atoms with van der Waals surface area (Å²) < 4.78 is 39.7. The highest BCUT2D eigenvalue weighted by Crippen LogP contribution is 2.34. The van der Waals surface area contributed by atoms with Crippen LogP contribution in [0.2, 0.25) is 5.28 Å². The molecule has 0 aliphatic carbocycles. The highest BCUT2D eigenvalue weighted by atomic mass is 35.5. The van der Waals surface area contributed by atoms with E-state index in [9.17, 15) is 4.79 Å². The third-order valence-corrected chi connectivity index (χ3v) is 7.96. The molecule has 0 radical (unpaired) electrons. The van der Waals surface area contributed by atoms with Crippen LogP contribution in [0.15, 0.2) is 12.3 Å². The molecule has 2 aromatic rings. The lowest BCUT2D eigenvalue weighted by atomic mass is 9.99. The molecule has 17 heteroatoms. The number of hydrogen-bond donors (Lipinski definition) is 3. The second-order valence-corrected chi connectivity index (χ2v) is 13.1.